The normalized spacial score (nSPS) is 24.0. The molecule has 20 heavy (non-hydrogen) atoms. The van der Waals surface area contributed by atoms with E-state index in [0.717, 1.165) is 6.42 Å². The summed E-state index contributed by atoms with van der Waals surface area (Å²) in [5.74, 6) is 0.533. The Hall–Kier alpha value is -1.35. The van der Waals surface area contributed by atoms with Gasteiger partial charge in [-0.25, -0.2) is 9.59 Å². The van der Waals surface area contributed by atoms with Crippen LogP contribution in [0.15, 0.2) is 4.99 Å². The second-order valence-corrected chi connectivity index (χ2v) is 7.16. The highest BCUT2D eigenvalue weighted by atomic mass is 16.6. The quantitative estimate of drug-likeness (QED) is 0.578. The minimum atomic E-state index is -0.474. The van der Waals surface area contributed by atoms with Crippen LogP contribution in [0.5, 0.6) is 0 Å². The molecule has 1 rings (SSSR count). The predicted octanol–water partition coefficient (Wildman–Crippen LogP) is 2.99. The molecule has 0 aromatic carbocycles. The van der Waals surface area contributed by atoms with Crippen molar-refractivity contribution < 1.29 is 14.3 Å². The molecule has 0 N–H and O–H groups in total. The number of aliphatic imine (C=N–C) groups is 1. The Kier molecular flexibility index (Phi) is 4.98. The third-order valence-electron chi connectivity index (χ3n) is 3.80. The summed E-state index contributed by atoms with van der Waals surface area (Å²) in [6, 6.07) is 0. The number of piperidine rings is 1. The molecule has 1 amide bonds. The lowest BCUT2D eigenvalue weighted by atomic mass is 9.75. The number of ether oxygens (including phenoxy) is 1. The lowest BCUT2D eigenvalue weighted by Crippen LogP contribution is -2.49. The van der Waals surface area contributed by atoms with Gasteiger partial charge in [-0.1, -0.05) is 6.92 Å². The zero-order valence-corrected chi connectivity index (χ0v) is 13.4. The molecule has 2 unspecified atom stereocenters. The van der Waals surface area contributed by atoms with Gasteiger partial charge in [-0.2, -0.15) is 4.99 Å². The van der Waals surface area contributed by atoms with Crippen molar-refractivity contribution in [3.63, 3.8) is 0 Å². The summed E-state index contributed by atoms with van der Waals surface area (Å²) < 4.78 is 5.40. The number of amides is 1. The van der Waals surface area contributed by atoms with Crippen LogP contribution in [0.4, 0.5) is 4.79 Å². The van der Waals surface area contributed by atoms with Gasteiger partial charge in [0.05, 0.1) is 5.54 Å². The summed E-state index contributed by atoms with van der Waals surface area (Å²) in [5.41, 5.74) is -0.903. The fourth-order valence-electron chi connectivity index (χ4n) is 2.89. The van der Waals surface area contributed by atoms with Crippen molar-refractivity contribution in [1.29, 1.82) is 0 Å². The fourth-order valence-corrected chi connectivity index (χ4v) is 2.89. The van der Waals surface area contributed by atoms with Crippen molar-refractivity contribution in [3.8, 4) is 0 Å². The predicted molar refractivity (Wildman–Crippen MR) is 77.3 cm³/mol. The number of nitrogens with zero attached hydrogens (tertiary/aromatic N) is 2. The molecule has 1 heterocycles. The zero-order valence-electron chi connectivity index (χ0n) is 13.4. The average Bonchev–Trinajstić information content (AvgIpc) is 2.25. The third-order valence-corrected chi connectivity index (χ3v) is 3.80. The van der Waals surface area contributed by atoms with E-state index in [0.29, 0.717) is 13.1 Å². The number of carbonyl (C=O) groups excluding carboxylic acids is 2. The van der Waals surface area contributed by atoms with E-state index in [1.165, 1.54) is 0 Å². The van der Waals surface area contributed by atoms with Gasteiger partial charge in [-0.15, -0.1) is 0 Å². The van der Waals surface area contributed by atoms with E-state index in [4.69, 9.17) is 4.74 Å². The highest BCUT2D eigenvalue weighted by Crippen LogP contribution is 2.35. The van der Waals surface area contributed by atoms with Crippen LogP contribution in [0, 0.1) is 11.8 Å². The van der Waals surface area contributed by atoms with Gasteiger partial charge in [0.2, 0.25) is 6.08 Å². The van der Waals surface area contributed by atoms with E-state index in [1.54, 1.807) is 11.0 Å². The van der Waals surface area contributed by atoms with Gasteiger partial charge in [0, 0.05) is 13.1 Å². The maximum absolute atomic E-state index is 12.1. The first-order chi connectivity index (χ1) is 9.07. The Bertz CT molecular complexity index is 406. The fraction of sp³-hybridized carbons (Fsp3) is 0.867. The minimum Gasteiger partial charge on any atom is -0.444 e. The lowest BCUT2D eigenvalue weighted by molar-refractivity contribution is 0.00650. The number of hydrogen-bond donors (Lipinski definition) is 0. The monoisotopic (exact) mass is 282 g/mol. The second kappa shape index (κ2) is 5.96. The van der Waals surface area contributed by atoms with Crippen LogP contribution in [0.3, 0.4) is 0 Å². The maximum Gasteiger partial charge on any atom is 0.410 e. The summed E-state index contributed by atoms with van der Waals surface area (Å²) in [6.07, 6.45) is 2.21. The molecule has 0 aromatic heterocycles. The molecule has 0 aromatic rings. The van der Waals surface area contributed by atoms with Gasteiger partial charge in [-0.05, 0) is 52.9 Å². The van der Waals surface area contributed by atoms with Crippen molar-refractivity contribution in [2.24, 2.45) is 16.8 Å². The molecule has 1 aliphatic heterocycles. The first kappa shape index (κ1) is 16.7. The van der Waals surface area contributed by atoms with Crippen molar-refractivity contribution in [2.45, 2.75) is 59.1 Å². The Morgan fingerprint density at radius 3 is 2.35 bits per heavy atom. The Labute approximate surface area is 121 Å². The topological polar surface area (TPSA) is 59.0 Å². The molecule has 0 spiro atoms. The minimum absolute atomic E-state index is 0.264. The smallest absolute Gasteiger partial charge is 0.410 e. The Morgan fingerprint density at radius 1 is 1.30 bits per heavy atom. The molecule has 5 nitrogen and oxygen atoms in total. The summed E-state index contributed by atoms with van der Waals surface area (Å²) in [7, 11) is 0. The number of isocyanates is 1. The maximum atomic E-state index is 12.1. The van der Waals surface area contributed by atoms with E-state index in [2.05, 4.69) is 11.9 Å². The van der Waals surface area contributed by atoms with Gasteiger partial charge < -0.3 is 9.64 Å². The van der Waals surface area contributed by atoms with Gasteiger partial charge in [-0.3, -0.25) is 0 Å². The molecule has 1 saturated heterocycles. The molecule has 0 saturated carbocycles. The molecule has 5 heteroatoms. The van der Waals surface area contributed by atoms with Crippen LogP contribution in [0.25, 0.3) is 0 Å². The van der Waals surface area contributed by atoms with E-state index in [1.807, 2.05) is 34.6 Å². The van der Waals surface area contributed by atoms with Crippen LogP contribution >= 0.6 is 0 Å². The molecule has 2 atom stereocenters. The average molecular weight is 282 g/mol. The standard InChI is InChI=1S/C15H26N2O3/c1-11-9-17(13(19)20-14(2,3)4)8-7-12(11)15(5,6)16-10-18/h11-12H,7-9H2,1-6H3. The number of likely N-dealkylation sites (tertiary alicyclic amines) is 1. The first-order valence-corrected chi connectivity index (χ1v) is 7.14. The van der Waals surface area contributed by atoms with Crippen LogP contribution in [0.1, 0.15) is 48.0 Å². The van der Waals surface area contributed by atoms with Crippen LogP contribution in [-0.4, -0.2) is 41.3 Å². The van der Waals surface area contributed by atoms with Crippen LogP contribution < -0.4 is 0 Å². The molecule has 0 aliphatic carbocycles. The van der Waals surface area contributed by atoms with Crippen molar-refractivity contribution in [2.75, 3.05) is 13.1 Å². The zero-order chi connectivity index (χ0) is 15.6. The van der Waals surface area contributed by atoms with Crippen molar-refractivity contribution >= 4 is 12.2 Å². The van der Waals surface area contributed by atoms with E-state index in [9.17, 15) is 9.59 Å². The van der Waals surface area contributed by atoms with Gasteiger partial charge in [0.1, 0.15) is 5.60 Å². The van der Waals surface area contributed by atoms with E-state index in [-0.39, 0.29) is 17.9 Å². The van der Waals surface area contributed by atoms with Crippen molar-refractivity contribution in [1.82, 2.24) is 4.90 Å². The summed E-state index contributed by atoms with van der Waals surface area (Å²) in [6.45, 7) is 12.8. The SMILES string of the molecule is CC1CN(C(=O)OC(C)(C)C)CCC1C(C)(C)N=C=O. The molecule has 114 valence electrons. The lowest BCUT2D eigenvalue weighted by Gasteiger charge is -2.42. The molecular weight excluding hydrogens is 256 g/mol. The molecule has 0 bridgehead atoms. The van der Waals surface area contributed by atoms with E-state index < -0.39 is 11.1 Å². The van der Waals surface area contributed by atoms with E-state index >= 15 is 0 Å². The number of carbonyl (C=O) groups is 1. The van der Waals surface area contributed by atoms with Gasteiger partial charge in [0.25, 0.3) is 0 Å². The summed E-state index contributed by atoms with van der Waals surface area (Å²) >= 11 is 0. The number of rotatable bonds is 2. The second-order valence-electron chi connectivity index (χ2n) is 7.16. The van der Waals surface area contributed by atoms with Crippen molar-refractivity contribution in [3.05, 3.63) is 0 Å². The third kappa shape index (κ3) is 4.34. The molecule has 1 aliphatic rings. The summed E-state index contributed by atoms with van der Waals surface area (Å²) in [4.78, 5) is 28.2. The highest BCUT2D eigenvalue weighted by Gasteiger charge is 2.39. The Morgan fingerprint density at radius 2 is 1.90 bits per heavy atom. The largest absolute Gasteiger partial charge is 0.444 e. The first-order valence-electron chi connectivity index (χ1n) is 7.14. The molecular formula is C15H26N2O3. The Balaban J connectivity index is 2.68. The number of hydrogen-bond acceptors (Lipinski definition) is 4. The molecule has 1 fully saturated rings. The highest BCUT2D eigenvalue weighted by molar-refractivity contribution is 5.68. The summed E-state index contributed by atoms with van der Waals surface area (Å²) in [5, 5.41) is 0. The van der Waals surface area contributed by atoms with Crippen LogP contribution in [-0.2, 0) is 9.53 Å². The van der Waals surface area contributed by atoms with Gasteiger partial charge >= 0.3 is 6.09 Å². The van der Waals surface area contributed by atoms with Gasteiger partial charge in [0.15, 0.2) is 0 Å². The van der Waals surface area contributed by atoms with Crippen LogP contribution in [0.2, 0.25) is 0 Å². The molecule has 0 radical (unpaired) electrons.